The van der Waals surface area contributed by atoms with Crippen molar-refractivity contribution < 1.29 is 14.3 Å². The van der Waals surface area contributed by atoms with Gasteiger partial charge in [0.05, 0.1) is 17.3 Å². The van der Waals surface area contributed by atoms with Gasteiger partial charge in [-0.1, -0.05) is 11.6 Å². The topological polar surface area (TPSA) is 132 Å². The van der Waals surface area contributed by atoms with Crippen LogP contribution in [0.1, 0.15) is 80.5 Å². The minimum atomic E-state index is -0.725. The van der Waals surface area contributed by atoms with Gasteiger partial charge in [0.15, 0.2) is 5.65 Å². The molecule has 2 aliphatic heterocycles. The summed E-state index contributed by atoms with van der Waals surface area (Å²) in [5.74, 6) is 0.948. The highest BCUT2D eigenvalue weighted by Crippen LogP contribution is 2.34. The molecule has 5 rings (SSSR count). The van der Waals surface area contributed by atoms with Gasteiger partial charge in [-0.25, -0.2) is 14.3 Å². The number of piperidine rings is 1. The number of benzene rings is 1. The van der Waals surface area contributed by atoms with E-state index in [-0.39, 0.29) is 11.9 Å². The van der Waals surface area contributed by atoms with Crippen LogP contribution >= 0.6 is 11.6 Å². The van der Waals surface area contributed by atoms with Gasteiger partial charge in [0.2, 0.25) is 0 Å². The maximum atomic E-state index is 13.4. The largest absolute Gasteiger partial charge is 0.444 e. The van der Waals surface area contributed by atoms with E-state index in [9.17, 15) is 9.59 Å². The van der Waals surface area contributed by atoms with Crippen LogP contribution in [0.25, 0.3) is 5.65 Å². The van der Waals surface area contributed by atoms with E-state index in [4.69, 9.17) is 33.2 Å². The van der Waals surface area contributed by atoms with Gasteiger partial charge in [-0.05, 0) is 78.0 Å². The Bertz CT molecular complexity index is 1340. The number of halogens is 1. The summed E-state index contributed by atoms with van der Waals surface area (Å²) in [4.78, 5) is 32.5. The zero-order chi connectivity index (χ0) is 28.3. The van der Waals surface area contributed by atoms with Crippen LogP contribution in [0.15, 0.2) is 30.5 Å². The minimum Gasteiger partial charge on any atom is -0.444 e. The number of hydrogen-bond acceptors (Lipinski definition) is 7. The lowest BCUT2D eigenvalue weighted by molar-refractivity contribution is 0.0593. The molecule has 39 heavy (non-hydrogen) atoms. The predicted octanol–water partition coefficient (Wildman–Crippen LogP) is 5.12. The summed E-state index contributed by atoms with van der Waals surface area (Å²) >= 11 is 6.14. The van der Waals surface area contributed by atoms with Gasteiger partial charge in [0, 0.05) is 48.2 Å². The second-order valence-corrected chi connectivity index (χ2v) is 11.5. The summed E-state index contributed by atoms with van der Waals surface area (Å²) in [5.41, 5.74) is 14.1. The fourth-order valence-corrected chi connectivity index (χ4v) is 5.26. The van der Waals surface area contributed by atoms with Gasteiger partial charge in [-0.3, -0.25) is 4.79 Å². The highest BCUT2D eigenvalue weighted by atomic mass is 35.5. The first-order chi connectivity index (χ1) is 18.4. The van der Waals surface area contributed by atoms with Gasteiger partial charge in [0.25, 0.3) is 5.91 Å². The van der Waals surface area contributed by atoms with Crippen molar-refractivity contribution in [3.8, 4) is 0 Å². The van der Waals surface area contributed by atoms with Crippen molar-refractivity contribution in [3.63, 3.8) is 0 Å². The molecule has 2 fully saturated rings. The Morgan fingerprint density at radius 3 is 2.41 bits per heavy atom. The number of fused-ring (bicyclic) bond motifs is 1. The predicted molar refractivity (Wildman–Crippen MR) is 153 cm³/mol. The lowest BCUT2D eigenvalue weighted by Gasteiger charge is -2.35. The zero-order valence-electron chi connectivity index (χ0n) is 23.1. The van der Waals surface area contributed by atoms with E-state index in [1.165, 1.54) is 12.8 Å². The van der Waals surface area contributed by atoms with Gasteiger partial charge in [-0.2, -0.15) is 5.10 Å². The van der Waals surface area contributed by atoms with Crippen LogP contribution in [0.2, 0.25) is 5.02 Å². The first kappa shape index (κ1) is 28.5. The van der Waals surface area contributed by atoms with Crippen LogP contribution in [0.5, 0.6) is 0 Å². The van der Waals surface area contributed by atoms with Crippen LogP contribution in [0.3, 0.4) is 0 Å². The second-order valence-electron chi connectivity index (χ2n) is 11.1. The lowest BCUT2D eigenvalue weighted by Crippen LogP contribution is -2.39. The maximum Gasteiger partial charge on any atom is 0.405 e. The average Bonchev–Trinajstić information content (AvgIpc) is 3.53. The number of primary amides is 1. The quantitative estimate of drug-likeness (QED) is 0.428. The van der Waals surface area contributed by atoms with Crippen LogP contribution in [-0.2, 0) is 4.74 Å². The molecule has 0 radical (unpaired) electrons. The molecule has 210 valence electrons. The number of nitrogen functional groups attached to an aromatic ring is 1. The molecule has 1 unspecified atom stereocenters. The Balaban J connectivity index is 0.000000386. The van der Waals surface area contributed by atoms with E-state index in [1.54, 1.807) is 39.0 Å². The molecule has 1 aromatic carbocycles. The summed E-state index contributed by atoms with van der Waals surface area (Å²) in [6.07, 6.45) is 6.63. The van der Waals surface area contributed by atoms with Crippen molar-refractivity contribution in [1.82, 2.24) is 19.5 Å². The fraction of sp³-hybridized carbons (Fsp3) is 0.500. The summed E-state index contributed by atoms with van der Waals surface area (Å²) in [6, 6.07) is 6.97. The third-order valence-electron chi connectivity index (χ3n) is 6.79. The molecule has 0 saturated carbocycles. The maximum absolute atomic E-state index is 13.4. The third kappa shape index (κ3) is 6.92. The number of amides is 2. The van der Waals surface area contributed by atoms with Crippen molar-refractivity contribution in [3.05, 3.63) is 52.3 Å². The Morgan fingerprint density at radius 2 is 1.77 bits per heavy atom. The molecule has 4 N–H and O–H groups in total. The Labute approximate surface area is 234 Å². The Morgan fingerprint density at radius 1 is 1.08 bits per heavy atom. The molecule has 2 saturated heterocycles. The molecule has 2 aromatic heterocycles. The number of aromatic nitrogens is 3. The van der Waals surface area contributed by atoms with Crippen molar-refractivity contribution in [1.29, 1.82) is 0 Å². The highest BCUT2D eigenvalue weighted by Gasteiger charge is 2.32. The smallest absolute Gasteiger partial charge is 0.405 e. The molecule has 0 bridgehead atoms. The number of carbonyl (C=O) groups is 2. The van der Waals surface area contributed by atoms with Crippen LogP contribution in [0, 0.1) is 6.92 Å². The molecule has 10 nitrogen and oxygen atoms in total. The van der Waals surface area contributed by atoms with E-state index in [0.717, 1.165) is 55.1 Å². The number of nitrogens with zero attached hydrogens (tertiary/aromatic N) is 5. The number of likely N-dealkylation sites (tertiary alicyclic amines) is 1. The fourth-order valence-electron chi connectivity index (χ4n) is 5.08. The molecule has 2 amide bonds. The molecular formula is C28H38ClN7O3. The zero-order valence-corrected chi connectivity index (χ0v) is 23.9. The number of nitrogens with two attached hydrogens (primary N) is 2. The van der Waals surface area contributed by atoms with Gasteiger partial charge in [0.1, 0.15) is 11.4 Å². The summed E-state index contributed by atoms with van der Waals surface area (Å²) in [5, 5.41) is 5.32. The van der Waals surface area contributed by atoms with Crippen LogP contribution < -0.4 is 16.4 Å². The lowest BCUT2D eigenvalue weighted by atomic mass is 9.98. The molecule has 11 heteroatoms. The second kappa shape index (κ2) is 11.7. The first-order valence-corrected chi connectivity index (χ1v) is 13.8. The van der Waals surface area contributed by atoms with Crippen molar-refractivity contribution in [2.75, 3.05) is 30.3 Å². The monoisotopic (exact) mass is 555 g/mol. The van der Waals surface area contributed by atoms with Crippen LogP contribution in [-0.4, -0.2) is 56.7 Å². The summed E-state index contributed by atoms with van der Waals surface area (Å²) < 4.78 is 6.42. The van der Waals surface area contributed by atoms with Gasteiger partial charge < -0.3 is 26.0 Å². The number of aryl methyl sites for hydroxylation is 1. The number of hydrogen-bond donors (Lipinski definition) is 2. The van der Waals surface area contributed by atoms with Gasteiger partial charge >= 0.3 is 6.09 Å². The summed E-state index contributed by atoms with van der Waals surface area (Å²) in [6.45, 7) is 10.1. The standard InChI is InChI=1S/C23H27ClN6O.C5H11NO2/c1-15-14-30-21(26-22(15)28-9-4-5-10-28)13-19(27-30)20-6-2-3-11-29(20)23(31)17-12-16(24)7-8-18(17)25;1-5(2,3)8-4(6)7/h7-8,12-14,20H,2-6,9-11,25H2,1H3;1-3H3,(H2,6,7). The number of rotatable bonds is 3. The number of anilines is 2. The van der Waals surface area contributed by atoms with E-state index in [1.807, 2.05) is 21.7 Å². The highest BCUT2D eigenvalue weighted by molar-refractivity contribution is 6.31. The molecule has 1 atom stereocenters. The van der Waals surface area contributed by atoms with E-state index in [2.05, 4.69) is 16.6 Å². The average molecular weight is 556 g/mol. The van der Waals surface area contributed by atoms with Crippen molar-refractivity contribution in [2.45, 2.75) is 71.4 Å². The van der Waals surface area contributed by atoms with Gasteiger partial charge in [-0.15, -0.1) is 0 Å². The number of ether oxygens (including phenoxy) is 1. The summed E-state index contributed by atoms with van der Waals surface area (Å²) in [7, 11) is 0. The van der Waals surface area contributed by atoms with E-state index >= 15 is 0 Å². The Kier molecular flexibility index (Phi) is 8.54. The molecule has 0 spiro atoms. The molecule has 0 aliphatic carbocycles. The molecular weight excluding hydrogens is 518 g/mol. The number of carbonyl (C=O) groups excluding carboxylic acids is 2. The molecule has 2 aliphatic rings. The third-order valence-corrected chi connectivity index (χ3v) is 7.02. The van der Waals surface area contributed by atoms with Crippen molar-refractivity contribution >= 4 is 40.8 Å². The minimum absolute atomic E-state index is 0.0938. The molecule has 3 aromatic rings. The van der Waals surface area contributed by atoms with Crippen molar-refractivity contribution in [2.24, 2.45) is 5.73 Å². The van der Waals surface area contributed by atoms with E-state index in [0.29, 0.717) is 22.8 Å². The Hall–Kier alpha value is -3.53. The van der Waals surface area contributed by atoms with Crippen LogP contribution in [0.4, 0.5) is 16.3 Å². The SMILES string of the molecule is CC(C)(C)OC(N)=O.Cc1cn2nc(C3CCCCN3C(=O)c3cc(Cl)ccc3N)cc2nc1N1CCCC1. The molecule has 4 heterocycles. The normalized spacial score (nSPS) is 17.6. The first-order valence-electron chi connectivity index (χ1n) is 13.4. The van der Waals surface area contributed by atoms with E-state index < -0.39 is 11.7 Å².